The smallest absolute Gasteiger partial charge is 0.248 e. The Bertz CT molecular complexity index is 762. The molecule has 7 heteroatoms. The van der Waals surface area contributed by atoms with E-state index in [1.807, 2.05) is 0 Å². The van der Waals surface area contributed by atoms with Crippen molar-refractivity contribution in [1.29, 1.82) is 0 Å². The molecule has 0 radical (unpaired) electrons. The van der Waals surface area contributed by atoms with Gasteiger partial charge in [0.05, 0.1) is 5.69 Å². The first-order valence-corrected chi connectivity index (χ1v) is 6.96. The lowest BCUT2D eigenvalue weighted by atomic mass is 10.2. The maximum absolute atomic E-state index is 14.0. The van der Waals surface area contributed by atoms with E-state index in [1.54, 1.807) is 0 Å². The number of amides is 1. The highest BCUT2D eigenvalue weighted by atomic mass is 19.1. The Hall–Kier alpha value is -2.57. The summed E-state index contributed by atoms with van der Waals surface area (Å²) in [5.74, 6) is -4.04. The van der Waals surface area contributed by atoms with Gasteiger partial charge in [0.2, 0.25) is 5.91 Å². The van der Waals surface area contributed by atoms with E-state index >= 15 is 0 Å². The second kappa shape index (κ2) is 5.91. The number of anilines is 2. The van der Waals surface area contributed by atoms with Gasteiger partial charge in [-0.1, -0.05) is 0 Å². The quantitative estimate of drug-likeness (QED) is 0.681. The van der Waals surface area contributed by atoms with Crippen LogP contribution in [0.1, 0.15) is 12.8 Å². The average Bonchev–Trinajstić information content (AvgIpc) is 3.35. The molecule has 0 spiro atoms. The van der Waals surface area contributed by atoms with Crippen LogP contribution in [0, 0.1) is 29.2 Å². The highest BCUT2D eigenvalue weighted by molar-refractivity contribution is 5.98. The van der Waals surface area contributed by atoms with Crippen LogP contribution in [-0.4, -0.2) is 5.91 Å². The van der Waals surface area contributed by atoms with Crippen molar-refractivity contribution >= 4 is 17.3 Å². The Morgan fingerprint density at radius 1 is 0.957 bits per heavy atom. The van der Waals surface area contributed by atoms with Gasteiger partial charge >= 0.3 is 0 Å². The van der Waals surface area contributed by atoms with Crippen molar-refractivity contribution in [3.05, 3.63) is 59.7 Å². The van der Waals surface area contributed by atoms with Crippen LogP contribution in [-0.2, 0) is 4.79 Å². The summed E-state index contributed by atoms with van der Waals surface area (Å²) < 4.78 is 54.4. The minimum atomic E-state index is -0.857. The Kier molecular flexibility index (Phi) is 3.94. The minimum absolute atomic E-state index is 0.345. The molecule has 1 fully saturated rings. The van der Waals surface area contributed by atoms with Crippen molar-refractivity contribution in [2.45, 2.75) is 12.8 Å². The molecule has 1 N–H and O–H groups in total. The molecule has 1 aliphatic carbocycles. The molecule has 1 saturated carbocycles. The van der Waals surface area contributed by atoms with Gasteiger partial charge in [-0.25, -0.2) is 22.6 Å². The second-order valence-electron chi connectivity index (χ2n) is 5.28. The molecule has 0 atom stereocenters. The summed E-state index contributed by atoms with van der Waals surface area (Å²) in [5.41, 5.74) is 1.63. The van der Waals surface area contributed by atoms with Gasteiger partial charge in [0, 0.05) is 18.1 Å². The molecule has 0 heterocycles. The number of hydrazine groups is 1. The van der Waals surface area contributed by atoms with E-state index in [1.165, 1.54) is 0 Å². The number of nitrogens with zero attached hydrogens (tertiary/aromatic N) is 1. The zero-order valence-electron chi connectivity index (χ0n) is 11.8. The van der Waals surface area contributed by atoms with Crippen molar-refractivity contribution < 1.29 is 22.4 Å². The van der Waals surface area contributed by atoms with Gasteiger partial charge in [-0.2, -0.15) is 0 Å². The molecule has 2 aromatic rings. The molecule has 2 aromatic carbocycles. The zero-order valence-corrected chi connectivity index (χ0v) is 11.8. The standard InChI is InChI=1S/C16H12F4N2O/c17-10-3-5-12(19)14(7-10)21-22(16(23)9-1-2-9)15-8-11(18)4-6-13(15)20/h3-9,21H,1-2H2. The summed E-state index contributed by atoms with van der Waals surface area (Å²) in [4.78, 5) is 12.3. The van der Waals surface area contributed by atoms with E-state index in [4.69, 9.17) is 0 Å². The van der Waals surface area contributed by atoms with Gasteiger partial charge in [0.1, 0.15) is 29.0 Å². The first-order chi connectivity index (χ1) is 11.0. The normalized spacial score (nSPS) is 13.7. The van der Waals surface area contributed by atoms with E-state index in [2.05, 4.69) is 5.43 Å². The summed E-state index contributed by atoms with van der Waals surface area (Å²) in [7, 11) is 0. The van der Waals surface area contributed by atoms with Gasteiger partial charge in [0.15, 0.2) is 0 Å². The summed E-state index contributed by atoms with van der Waals surface area (Å²) in [6.07, 6.45) is 1.22. The van der Waals surface area contributed by atoms with Crippen LogP contribution in [0.4, 0.5) is 28.9 Å². The second-order valence-corrected chi connectivity index (χ2v) is 5.28. The molecule has 1 aliphatic rings. The molecule has 3 nitrogen and oxygen atoms in total. The topological polar surface area (TPSA) is 32.3 Å². The molecule has 0 aromatic heterocycles. The number of nitrogens with one attached hydrogen (secondary N) is 1. The van der Waals surface area contributed by atoms with Gasteiger partial charge < -0.3 is 0 Å². The van der Waals surface area contributed by atoms with Crippen molar-refractivity contribution in [3.63, 3.8) is 0 Å². The Labute approximate surface area is 129 Å². The third-order valence-corrected chi connectivity index (χ3v) is 3.46. The average molecular weight is 324 g/mol. The van der Waals surface area contributed by atoms with Crippen molar-refractivity contribution in [2.24, 2.45) is 5.92 Å². The van der Waals surface area contributed by atoms with E-state index in [9.17, 15) is 22.4 Å². The van der Waals surface area contributed by atoms with E-state index < -0.39 is 29.2 Å². The van der Waals surface area contributed by atoms with Crippen molar-refractivity contribution in [1.82, 2.24) is 0 Å². The van der Waals surface area contributed by atoms with Gasteiger partial charge in [-0.05, 0) is 37.1 Å². The maximum Gasteiger partial charge on any atom is 0.248 e. The molecule has 3 rings (SSSR count). The fraction of sp³-hybridized carbons (Fsp3) is 0.188. The number of benzene rings is 2. The molecule has 0 saturated heterocycles. The fourth-order valence-corrected chi connectivity index (χ4v) is 2.11. The number of hydrogen-bond donors (Lipinski definition) is 1. The van der Waals surface area contributed by atoms with Crippen LogP contribution >= 0.6 is 0 Å². The number of carbonyl (C=O) groups is 1. The van der Waals surface area contributed by atoms with Crippen LogP contribution < -0.4 is 10.4 Å². The third kappa shape index (κ3) is 3.28. The lowest BCUT2D eigenvalue weighted by Gasteiger charge is -2.25. The van der Waals surface area contributed by atoms with Crippen LogP contribution in [0.2, 0.25) is 0 Å². The molecule has 120 valence electrons. The molecule has 0 bridgehead atoms. The lowest BCUT2D eigenvalue weighted by Crippen LogP contribution is -2.38. The summed E-state index contributed by atoms with van der Waals surface area (Å²) in [5, 5.41) is 0.730. The number of halogens is 4. The van der Waals surface area contributed by atoms with Crippen molar-refractivity contribution in [2.75, 3.05) is 10.4 Å². The van der Waals surface area contributed by atoms with Gasteiger partial charge in [-0.3, -0.25) is 10.2 Å². The number of rotatable bonds is 4. The highest BCUT2D eigenvalue weighted by Gasteiger charge is 2.35. The van der Waals surface area contributed by atoms with Gasteiger partial charge in [0.25, 0.3) is 0 Å². The molecule has 0 aliphatic heterocycles. The number of hydrogen-bond acceptors (Lipinski definition) is 2. The van der Waals surface area contributed by atoms with Gasteiger partial charge in [-0.15, -0.1) is 0 Å². The van der Waals surface area contributed by atoms with E-state index in [-0.39, 0.29) is 17.3 Å². The lowest BCUT2D eigenvalue weighted by molar-refractivity contribution is -0.119. The first-order valence-electron chi connectivity index (χ1n) is 6.96. The molecule has 1 amide bonds. The fourth-order valence-electron chi connectivity index (χ4n) is 2.11. The summed E-state index contributed by atoms with van der Waals surface area (Å²) in [6, 6.07) is 5.21. The Morgan fingerprint density at radius 3 is 2.22 bits per heavy atom. The SMILES string of the molecule is O=C(C1CC1)N(Nc1cc(F)ccc1F)c1cc(F)ccc1F. The van der Waals surface area contributed by atoms with Crippen LogP contribution in [0.3, 0.4) is 0 Å². The molecular weight excluding hydrogens is 312 g/mol. The molecule has 0 unspecified atom stereocenters. The van der Waals surface area contributed by atoms with E-state index in [0.717, 1.165) is 41.4 Å². The first kappa shape index (κ1) is 15.3. The molecular formula is C16H12F4N2O. The Balaban J connectivity index is 2.00. The maximum atomic E-state index is 14.0. The highest BCUT2D eigenvalue weighted by Crippen LogP contribution is 2.34. The van der Waals surface area contributed by atoms with Crippen LogP contribution in [0.5, 0.6) is 0 Å². The monoisotopic (exact) mass is 324 g/mol. The predicted molar refractivity (Wildman–Crippen MR) is 76.5 cm³/mol. The third-order valence-electron chi connectivity index (χ3n) is 3.46. The minimum Gasteiger partial charge on any atom is -0.288 e. The zero-order chi connectivity index (χ0) is 16.6. The molecule has 23 heavy (non-hydrogen) atoms. The summed E-state index contributed by atoms with van der Waals surface area (Å²) in [6.45, 7) is 0. The predicted octanol–water partition coefficient (Wildman–Crippen LogP) is 4.01. The number of carbonyl (C=O) groups excluding carboxylic acids is 1. The summed E-state index contributed by atoms with van der Waals surface area (Å²) >= 11 is 0. The largest absolute Gasteiger partial charge is 0.288 e. The van der Waals surface area contributed by atoms with E-state index in [0.29, 0.717) is 12.8 Å². The van der Waals surface area contributed by atoms with Crippen LogP contribution in [0.15, 0.2) is 36.4 Å². The Morgan fingerprint density at radius 2 is 1.57 bits per heavy atom. The van der Waals surface area contributed by atoms with Crippen LogP contribution in [0.25, 0.3) is 0 Å². The van der Waals surface area contributed by atoms with Crippen molar-refractivity contribution in [3.8, 4) is 0 Å².